The fourth-order valence-corrected chi connectivity index (χ4v) is 3.68. The van der Waals surface area contributed by atoms with E-state index < -0.39 is 5.60 Å². The molecule has 0 spiro atoms. The number of likely N-dealkylation sites (tertiary alicyclic amines) is 1. The molecule has 2 aliphatic rings. The molecule has 0 aromatic carbocycles. The quantitative estimate of drug-likeness (QED) is 0.712. The number of rotatable bonds is 1. The van der Waals surface area contributed by atoms with E-state index in [1.54, 1.807) is 6.20 Å². The number of hydrogen-bond donors (Lipinski definition) is 0. The van der Waals surface area contributed by atoms with Crippen molar-refractivity contribution in [2.45, 2.75) is 38.7 Å². The van der Waals surface area contributed by atoms with Crippen molar-refractivity contribution < 1.29 is 9.53 Å². The highest BCUT2D eigenvalue weighted by Crippen LogP contribution is 2.51. The maximum absolute atomic E-state index is 12.2. The van der Waals surface area contributed by atoms with Crippen molar-refractivity contribution in [2.24, 2.45) is 11.8 Å². The number of nitrogens with zero attached hydrogens (tertiary/aromatic N) is 2. The number of halogens is 2. The van der Waals surface area contributed by atoms with E-state index in [0.29, 0.717) is 27.9 Å². The number of hydrogen-bond acceptors (Lipinski definition) is 3. The third-order valence-corrected chi connectivity index (χ3v) is 5.15. The van der Waals surface area contributed by atoms with Crippen LogP contribution in [0.4, 0.5) is 4.79 Å². The van der Waals surface area contributed by atoms with Gasteiger partial charge in [0.1, 0.15) is 10.8 Å². The van der Waals surface area contributed by atoms with E-state index in [2.05, 4.69) is 4.98 Å². The van der Waals surface area contributed by atoms with Gasteiger partial charge in [0.2, 0.25) is 0 Å². The summed E-state index contributed by atoms with van der Waals surface area (Å²) in [6, 6.07) is 1.90. The van der Waals surface area contributed by atoms with Crippen molar-refractivity contribution in [3.63, 3.8) is 0 Å². The Labute approximate surface area is 140 Å². The third-order valence-electron chi connectivity index (χ3n) is 4.46. The van der Waals surface area contributed by atoms with Gasteiger partial charge in [0.05, 0.1) is 5.02 Å². The van der Waals surface area contributed by atoms with Crippen LogP contribution in [0, 0.1) is 11.8 Å². The fraction of sp³-hybridized carbons (Fsp3) is 0.625. The van der Waals surface area contributed by atoms with Gasteiger partial charge in [-0.1, -0.05) is 23.2 Å². The summed E-state index contributed by atoms with van der Waals surface area (Å²) in [4.78, 5) is 18.1. The van der Waals surface area contributed by atoms with Gasteiger partial charge in [-0.25, -0.2) is 9.78 Å². The molecule has 0 radical (unpaired) electrons. The lowest BCUT2D eigenvalue weighted by atomic mass is 9.64. The molecule has 3 atom stereocenters. The second-order valence-corrected chi connectivity index (χ2v) is 7.96. The summed E-state index contributed by atoms with van der Waals surface area (Å²) < 4.78 is 5.46. The van der Waals surface area contributed by atoms with Crippen LogP contribution in [0.1, 0.15) is 38.7 Å². The van der Waals surface area contributed by atoms with Gasteiger partial charge in [-0.05, 0) is 56.6 Å². The Hall–Kier alpha value is -1.000. The number of aromatic nitrogens is 1. The normalized spacial score (nSPS) is 27.3. The standard InChI is InChI=1S/C16H20Cl2N2O2/c1-16(2,3)22-15(21)20-7-10-4-11(12(10)8-20)9-5-13(17)14(18)19-6-9/h5-6,10-12H,4,7-8H2,1-3H3. The molecule has 1 aliphatic heterocycles. The SMILES string of the molecule is CC(C)(C)OC(=O)N1CC2CC(c3cnc(Cl)c(Cl)c3)C2C1. The Morgan fingerprint density at radius 2 is 2.09 bits per heavy atom. The van der Waals surface area contributed by atoms with Gasteiger partial charge in [0.15, 0.2) is 0 Å². The molecule has 1 saturated carbocycles. The average molecular weight is 343 g/mol. The summed E-state index contributed by atoms with van der Waals surface area (Å²) >= 11 is 11.9. The minimum Gasteiger partial charge on any atom is -0.444 e. The molecular formula is C16H20Cl2N2O2. The molecule has 1 amide bonds. The number of fused-ring (bicyclic) bond motifs is 1. The van der Waals surface area contributed by atoms with Crippen LogP contribution < -0.4 is 0 Å². The van der Waals surface area contributed by atoms with Crippen molar-refractivity contribution in [2.75, 3.05) is 13.1 Å². The average Bonchev–Trinajstić information content (AvgIpc) is 2.70. The predicted molar refractivity (Wildman–Crippen MR) is 86.4 cm³/mol. The predicted octanol–water partition coefficient (Wildman–Crippen LogP) is 4.36. The van der Waals surface area contributed by atoms with Gasteiger partial charge in [0.25, 0.3) is 0 Å². The van der Waals surface area contributed by atoms with Crippen LogP contribution in [0.5, 0.6) is 0 Å². The Bertz CT molecular complexity index is 600. The molecular weight excluding hydrogens is 323 g/mol. The molecule has 4 nitrogen and oxygen atoms in total. The first kappa shape index (κ1) is 15.9. The molecule has 3 rings (SSSR count). The van der Waals surface area contributed by atoms with E-state index in [1.165, 1.54) is 0 Å². The first-order valence-electron chi connectivity index (χ1n) is 7.53. The van der Waals surface area contributed by atoms with Crippen LogP contribution in [0.25, 0.3) is 0 Å². The summed E-state index contributed by atoms with van der Waals surface area (Å²) in [5.41, 5.74) is 0.660. The summed E-state index contributed by atoms with van der Waals surface area (Å²) in [5.74, 6) is 1.42. The molecule has 1 aliphatic carbocycles. The minimum atomic E-state index is -0.453. The van der Waals surface area contributed by atoms with Crippen molar-refractivity contribution >= 4 is 29.3 Å². The zero-order valence-electron chi connectivity index (χ0n) is 13.0. The lowest BCUT2D eigenvalue weighted by molar-refractivity contribution is 0.0288. The Morgan fingerprint density at radius 3 is 2.73 bits per heavy atom. The highest BCUT2D eigenvalue weighted by molar-refractivity contribution is 6.41. The molecule has 1 aromatic rings. The molecule has 2 heterocycles. The number of pyridine rings is 1. The number of ether oxygens (including phenoxy) is 1. The zero-order valence-corrected chi connectivity index (χ0v) is 14.5. The van der Waals surface area contributed by atoms with Crippen LogP contribution in [-0.2, 0) is 4.74 Å². The van der Waals surface area contributed by atoms with Gasteiger partial charge in [-0.3, -0.25) is 0 Å². The first-order valence-corrected chi connectivity index (χ1v) is 8.29. The van der Waals surface area contributed by atoms with Crippen LogP contribution in [-0.4, -0.2) is 34.7 Å². The van der Waals surface area contributed by atoms with E-state index in [1.807, 2.05) is 31.7 Å². The van der Waals surface area contributed by atoms with Crippen molar-refractivity contribution in [3.8, 4) is 0 Å². The summed E-state index contributed by atoms with van der Waals surface area (Å²) in [5, 5.41) is 0.827. The van der Waals surface area contributed by atoms with E-state index in [4.69, 9.17) is 27.9 Å². The minimum absolute atomic E-state index is 0.215. The van der Waals surface area contributed by atoms with Crippen molar-refractivity contribution in [1.29, 1.82) is 0 Å². The van der Waals surface area contributed by atoms with Gasteiger partial charge in [-0.2, -0.15) is 0 Å². The second kappa shape index (κ2) is 5.57. The summed E-state index contributed by atoms with van der Waals surface area (Å²) in [6.07, 6.45) is 2.64. The molecule has 0 N–H and O–H groups in total. The maximum atomic E-state index is 12.2. The van der Waals surface area contributed by atoms with E-state index in [0.717, 1.165) is 25.1 Å². The van der Waals surface area contributed by atoms with E-state index in [9.17, 15) is 4.79 Å². The molecule has 1 saturated heterocycles. The molecule has 6 heteroatoms. The van der Waals surface area contributed by atoms with Crippen LogP contribution in [0.3, 0.4) is 0 Å². The van der Waals surface area contributed by atoms with Crippen LogP contribution in [0.15, 0.2) is 12.3 Å². The molecule has 120 valence electrons. The Kier molecular flexibility index (Phi) is 4.02. The highest BCUT2D eigenvalue weighted by atomic mass is 35.5. The second-order valence-electron chi connectivity index (χ2n) is 7.19. The number of amides is 1. The fourth-order valence-electron chi connectivity index (χ4n) is 3.40. The third kappa shape index (κ3) is 3.04. The zero-order chi connectivity index (χ0) is 16.1. The Balaban J connectivity index is 1.66. The van der Waals surface area contributed by atoms with Gasteiger partial charge < -0.3 is 9.64 Å². The van der Waals surface area contributed by atoms with Crippen LogP contribution in [0.2, 0.25) is 10.2 Å². The monoisotopic (exact) mass is 342 g/mol. The van der Waals surface area contributed by atoms with Gasteiger partial charge in [-0.15, -0.1) is 0 Å². The summed E-state index contributed by atoms with van der Waals surface area (Å²) in [7, 11) is 0. The lowest BCUT2D eigenvalue weighted by Crippen LogP contribution is -2.35. The molecule has 2 fully saturated rings. The molecule has 3 unspecified atom stereocenters. The van der Waals surface area contributed by atoms with Crippen molar-refractivity contribution in [3.05, 3.63) is 28.0 Å². The molecule has 22 heavy (non-hydrogen) atoms. The Morgan fingerprint density at radius 1 is 1.36 bits per heavy atom. The van der Waals surface area contributed by atoms with Gasteiger partial charge in [0, 0.05) is 19.3 Å². The van der Waals surface area contributed by atoms with Crippen molar-refractivity contribution in [1.82, 2.24) is 9.88 Å². The highest BCUT2D eigenvalue weighted by Gasteiger charge is 2.49. The largest absolute Gasteiger partial charge is 0.444 e. The van der Waals surface area contributed by atoms with E-state index in [-0.39, 0.29) is 6.09 Å². The smallest absolute Gasteiger partial charge is 0.410 e. The number of carbonyl (C=O) groups is 1. The van der Waals surface area contributed by atoms with E-state index >= 15 is 0 Å². The summed E-state index contributed by atoms with van der Waals surface area (Å²) in [6.45, 7) is 7.19. The maximum Gasteiger partial charge on any atom is 0.410 e. The molecule has 1 aromatic heterocycles. The number of carbonyl (C=O) groups excluding carboxylic acids is 1. The topological polar surface area (TPSA) is 42.4 Å². The lowest BCUT2D eigenvalue weighted by Gasteiger charge is -2.39. The van der Waals surface area contributed by atoms with Crippen LogP contribution >= 0.6 is 23.2 Å². The first-order chi connectivity index (χ1) is 10.2. The molecule has 0 bridgehead atoms. The van der Waals surface area contributed by atoms with Gasteiger partial charge >= 0.3 is 6.09 Å².